The molecule has 1 heterocycles. The lowest BCUT2D eigenvalue weighted by molar-refractivity contribution is -0.112. The Hall–Kier alpha value is -0.175. The van der Waals surface area contributed by atoms with Crippen molar-refractivity contribution in [2.75, 3.05) is 5.75 Å². The third kappa shape index (κ3) is 1.61. The van der Waals surface area contributed by atoms with Gasteiger partial charge in [0.1, 0.15) is 0 Å². The molecule has 1 aliphatic heterocycles. The Kier molecular flexibility index (Phi) is 2.01. The van der Waals surface area contributed by atoms with Gasteiger partial charge in [0.25, 0.3) is 0 Å². The Bertz CT molecular complexity index is 164. The first-order valence-corrected chi connectivity index (χ1v) is 3.80. The predicted octanol–water partition coefficient (Wildman–Crippen LogP) is 1.16. The second-order valence-electron chi connectivity index (χ2n) is 2.06. The van der Waals surface area contributed by atoms with Gasteiger partial charge >= 0.3 is 0 Å². The fourth-order valence-corrected chi connectivity index (χ4v) is 1.64. The molecule has 0 aromatic rings. The minimum atomic E-state index is 0.0916. The van der Waals surface area contributed by atoms with Crippen molar-refractivity contribution in [3.63, 3.8) is 0 Å². The SMILES string of the molecule is [B]C1C=C(C(C)=O)SC1. The van der Waals surface area contributed by atoms with Crippen LogP contribution in [0.4, 0.5) is 0 Å². The molecule has 2 radical (unpaired) electrons. The molecule has 0 aromatic carbocycles. The van der Waals surface area contributed by atoms with Gasteiger partial charge in [-0.15, -0.1) is 11.8 Å². The molecule has 0 saturated carbocycles. The summed E-state index contributed by atoms with van der Waals surface area (Å²) in [6, 6.07) is 0. The number of Topliss-reactive ketones (excluding diaryl/α,β-unsaturated/α-hetero) is 1. The number of carbonyl (C=O) groups is 1. The standard InChI is InChI=1S/C6H7BOS/c1-4(8)6-2-5(7)3-9-6/h2,5H,3H2,1H3. The molecule has 0 spiro atoms. The number of ketones is 1. The normalized spacial score (nSPS) is 25.9. The van der Waals surface area contributed by atoms with E-state index < -0.39 is 0 Å². The van der Waals surface area contributed by atoms with Crippen molar-refractivity contribution in [1.29, 1.82) is 0 Å². The zero-order chi connectivity index (χ0) is 6.85. The summed E-state index contributed by atoms with van der Waals surface area (Å²) in [5.41, 5.74) is 0. The molecule has 1 nitrogen and oxygen atoms in total. The summed E-state index contributed by atoms with van der Waals surface area (Å²) < 4.78 is 0. The highest BCUT2D eigenvalue weighted by molar-refractivity contribution is 8.04. The summed E-state index contributed by atoms with van der Waals surface area (Å²) in [6.07, 6.45) is 1.83. The summed E-state index contributed by atoms with van der Waals surface area (Å²) in [5.74, 6) is 1.08. The van der Waals surface area contributed by atoms with Gasteiger partial charge in [0.2, 0.25) is 0 Å². The molecule has 0 N–H and O–H groups in total. The molecule has 1 aliphatic rings. The lowest BCUT2D eigenvalue weighted by Gasteiger charge is -1.89. The van der Waals surface area contributed by atoms with Gasteiger partial charge in [0, 0.05) is 4.91 Å². The van der Waals surface area contributed by atoms with Gasteiger partial charge < -0.3 is 0 Å². The number of hydrogen-bond acceptors (Lipinski definition) is 2. The number of thioether (sulfide) groups is 1. The van der Waals surface area contributed by atoms with E-state index in [1.807, 2.05) is 6.08 Å². The highest BCUT2D eigenvalue weighted by Gasteiger charge is 2.14. The van der Waals surface area contributed by atoms with Crippen molar-refractivity contribution in [3.05, 3.63) is 11.0 Å². The molecule has 0 saturated heterocycles. The van der Waals surface area contributed by atoms with Crippen LogP contribution < -0.4 is 0 Å². The number of rotatable bonds is 1. The maximum Gasteiger partial charge on any atom is 0.165 e. The Morgan fingerprint density at radius 2 is 2.67 bits per heavy atom. The zero-order valence-electron chi connectivity index (χ0n) is 5.26. The maximum absolute atomic E-state index is 10.6. The second-order valence-corrected chi connectivity index (χ2v) is 3.12. The maximum atomic E-state index is 10.6. The highest BCUT2D eigenvalue weighted by atomic mass is 32.2. The topological polar surface area (TPSA) is 17.1 Å². The van der Waals surface area contributed by atoms with Crippen LogP contribution >= 0.6 is 11.8 Å². The Labute approximate surface area is 60.3 Å². The van der Waals surface area contributed by atoms with Crippen LogP contribution in [-0.2, 0) is 4.79 Å². The van der Waals surface area contributed by atoms with Crippen molar-refractivity contribution in [2.24, 2.45) is 0 Å². The minimum Gasteiger partial charge on any atom is -0.294 e. The molecule has 1 rings (SSSR count). The Morgan fingerprint density at radius 3 is 2.89 bits per heavy atom. The monoisotopic (exact) mass is 138 g/mol. The molecule has 0 aromatic heterocycles. The van der Waals surface area contributed by atoms with Gasteiger partial charge in [-0.3, -0.25) is 4.79 Å². The molecule has 3 heteroatoms. The van der Waals surface area contributed by atoms with Crippen LogP contribution in [0.3, 0.4) is 0 Å². The first kappa shape index (κ1) is 6.94. The zero-order valence-corrected chi connectivity index (χ0v) is 6.07. The van der Waals surface area contributed by atoms with Crippen LogP contribution in [0, 0.1) is 0 Å². The van der Waals surface area contributed by atoms with Crippen molar-refractivity contribution in [3.8, 4) is 0 Å². The molecule has 46 valence electrons. The van der Waals surface area contributed by atoms with Crippen molar-refractivity contribution in [2.45, 2.75) is 12.7 Å². The fourth-order valence-electron chi connectivity index (χ4n) is 0.696. The summed E-state index contributed by atoms with van der Waals surface area (Å²) in [6.45, 7) is 1.57. The Morgan fingerprint density at radius 1 is 2.00 bits per heavy atom. The number of hydrogen-bond donors (Lipinski definition) is 0. The van der Waals surface area contributed by atoms with Crippen LogP contribution in [0.2, 0.25) is 5.82 Å². The lowest BCUT2D eigenvalue weighted by Crippen LogP contribution is -1.87. The molecule has 0 amide bonds. The van der Waals surface area contributed by atoms with E-state index >= 15 is 0 Å². The molecule has 9 heavy (non-hydrogen) atoms. The molecular formula is C6H7BOS. The third-order valence-corrected chi connectivity index (χ3v) is 2.43. The lowest BCUT2D eigenvalue weighted by atomic mass is 9.89. The van der Waals surface area contributed by atoms with E-state index in [0.717, 1.165) is 10.7 Å². The summed E-state index contributed by atoms with van der Waals surface area (Å²) in [4.78, 5) is 11.5. The molecule has 0 aliphatic carbocycles. The fraction of sp³-hybridized carbons (Fsp3) is 0.500. The summed E-state index contributed by atoms with van der Waals surface area (Å²) in [7, 11) is 5.51. The van der Waals surface area contributed by atoms with E-state index in [4.69, 9.17) is 7.85 Å². The van der Waals surface area contributed by atoms with Crippen LogP contribution in [0.25, 0.3) is 0 Å². The number of allylic oxidation sites excluding steroid dienone is 2. The van der Waals surface area contributed by atoms with E-state index in [0.29, 0.717) is 0 Å². The van der Waals surface area contributed by atoms with Crippen LogP contribution in [0.1, 0.15) is 6.92 Å². The van der Waals surface area contributed by atoms with Crippen molar-refractivity contribution < 1.29 is 4.79 Å². The molecule has 0 fully saturated rings. The van der Waals surface area contributed by atoms with Crippen molar-refractivity contribution in [1.82, 2.24) is 0 Å². The number of carbonyl (C=O) groups excluding carboxylic acids is 1. The van der Waals surface area contributed by atoms with Crippen molar-refractivity contribution >= 4 is 25.4 Å². The molecular weight excluding hydrogens is 131 g/mol. The van der Waals surface area contributed by atoms with Gasteiger partial charge in [-0.25, -0.2) is 0 Å². The van der Waals surface area contributed by atoms with Gasteiger partial charge in [0.15, 0.2) is 5.78 Å². The third-order valence-electron chi connectivity index (χ3n) is 1.14. The minimum absolute atomic E-state index is 0.0916. The van der Waals surface area contributed by atoms with E-state index in [9.17, 15) is 4.79 Å². The van der Waals surface area contributed by atoms with E-state index in [-0.39, 0.29) is 11.6 Å². The van der Waals surface area contributed by atoms with Gasteiger partial charge in [-0.2, -0.15) is 0 Å². The quantitative estimate of drug-likeness (QED) is 0.505. The summed E-state index contributed by atoms with van der Waals surface area (Å²) >= 11 is 1.55. The van der Waals surface area contributed by atoms with Gasteiger partial charge in [-0.05, 0) is 18.5 Å². The van der Waals surface area contributed by atoms with Crippen LogP contribution in [0.5, 0.6) is 0 Å². The van der Waals surface area contributed by atoms with Crippen LogP contribution in [-0.4, -0.2) is 19.4 Å². The van der Waals surface area contributed by atoms with E-state index in [2.05, 4.69) is 0 Å². The average Bonchev–Trinajstić information content (AvgIpc) is 2.14. The molecule has 0 bridgehead atoms. The van der Waals surface area contributed by atoms with E-state index in [1.165, 1.54) is 0 Å². The van der Waals surface area contributed by atoms with Crippen LogP contribution in [0.15, 0.2) is 11.0 Å². The Balaban J connectivity index is 2.62. The smallest absolute Gasteiger partial charge is 0.165 e. The molecule has 1 atom stereocenters. The van der Waals surface area contributed by atoms with E-state index in [1.54, 1.807) is 18.7 Å². The molecule has 1 unspecified atom stereocenters. The van der Waals surface area contributed by atoms with Gasteiger partial charge in [0.05, 0.1) is 7.85 Å². The van der Waals surface area contributed by atoms with Gasteiger partial charge in [-0.1, -0.05) is 6.08 Å². The summed E-state index contributed by atoms with van der Waals surface area (Å²) in [5, 5.41) is 0. The first-order valence-electron chi connectivity index (χ1n) is 2.81. The second kappa shape index (κ2) is 2.61. The largest absolute Gasteiger partial charge is 0.294 e. The highest BCUT2D eigenvalue weighted by Crippen LogP contribution is 2.30. The predicted molar refractivity (Wildman–Crippen MR) is 40.7 cm³/mol. The average molecular weight is 138 g/mol. The first-order chi connectivity index (χ1) is 4.20.